The third-order valence-electron chi connectivity index (χ3n) is 2.62. The summed E-state index contributed by atoms with van der Waals surface area (Å²) in [5, 5.41) is 2.88. The minimum Gasteiger partial charge on any atom is -0.497 e. The highest BCUT2D eigenvalue weighted by molar-refractivity contribution is 5.68. The molecule has 0 aliphatic carbocycles. The summed E-state index contributed by atoms with van der Waals surface area (Å²) in [6, 6.07) is 7.61. The van der Waals surface area contributed by atoms with Crippen LogP contribution >= 0.6 is 0 Å². The zero-order valence-electron chi connectivity index (χ0n) is 12.3. The van der Waals surface area contributed by atoms with Gasteiger partial charge < -0.3 is 14.8 Å². The highest BCUT2D eigenvalue weighted by atomic mass is 16.6. The number of nitrogens with one attached hydrogen (secondary N) is 1. The standard InChI is InChI=1S/C15H23NO3/c1-6-13(16-14(17)19-15(2,3)4)11-7-9-12(18-5)10-8-11/h7-10,13H,6H2,1-5H3,(H,16,17). The van der Waals surface area contributed by atoms with Gasteiger partial charge in [-0.05, 0) is 44.9 Å². The van der Waals surface area contributed by atoms with Gasteiger partial charge in [0.25, 0.3) is 0 Å². The number of hydrogen-bond acceptors (Lipinski definition) is 3. The Bertz CT molecular complexity index is 406. The Morgan fingerprint density at radius 1 is 1.26 bits per heavy atom. The van der Waals surface area contributed by atoms with Crippen LogP contribution in [-0.4, -0.2) is 18.8 Å². The lowest BCUT2D eigenvalue weighted by Crippen LogP contribution is -2.34. The number of hydrogen-bond donors (Lipinski definition) is 1. The van der Waals surface area contributed by atoms with Gasteiger partial charge in [-0.1, -0.05) is 19.1 Å². The average molecular weight is 265 g/mol. The van der Waals surface area contributed by atoms with Crippen LogP contribution in [0.2, 0.25) is 0 Å². The van der Waals surface area contributed by atoms with Gasteiger partial charge in [-0.25, -0.2) is 4.79 Å². The normalized spacial score (nSPS) is 12.7. The van der Waals surface area contributed by atoms with Crippen molar-refractivity contribution in [3.8, 4) is 5.75 Å². The Morgan fingerprint density at radius 3 is 2.26 bits per heavy atom. The molecule has 106 valence electrons. The van der Waals surface area contributed by atoms with Crippen molar-refractivity contribution in [1.29, 1.82) is 0 Å². The van der Waals surface area contributed by atoms with Gasteiger partial charge in [-0.2, -0.15) is 0 Å². The van der Waals surface area contributed by atoms with Gasteiger partial charge in [0.05, 0.1) is 13.2 Å². The van der Waals surface area contributed by atoms with Gasteiger partial charge in [0.1, 0.15) is 11.4 Å². The maximum absolute atomic E-state index is 11.8. The number of carbonyl (C=O) groups is 1. The average Bonchev–Trinajstić information content (AvgIpc) is 2.34. The largest absolute Gasteiger partial charge is 0.497 e. The lowest BCUT2D eigenvalue weighted by atomic mass is 10.0. The number of carbonyl (C=O) groups excluding carboxylic acids is 1. The van der Waals surface area contributed by atoms with Gasteiger partial charge >= 0.3 is 6.09 Å². The van der Waals surface area contributed by atoms with E-state index in [-0.39, 0.29) is 6.04 Å². The summed E-state index contributed by atoms with van der Waals surface area (Å²) >= 11 is 0. The van der Waals surface area contributed by atoms with Crippen molar-refractivity contribution in [2.45, 2.75) is 45.8 Å². The third-order valence-corrected chi connectivity index (χ3v) is 2.62. The summed E-state index contributed by atoms with van der Waals surface area (Å²) in [5.41, 5.74) is 0.552. The van der Waals surface area contributed by atoms with Gasteiger partial charge in [-0.3, -0.25) is 0 Å². The number of benzene rings is 1. The maximum atomic E-state index is 11.8. The van der Waals surface area contributed by atoms with Crippen molar-refractivity contribution < 1.29 is 14.3 Å². The van der Waals surface area contributed by atoms with E-state index in [0.29, 0.717) is 0 Å². The van der Waals surface area contributed by atoms with Crippen LogP contribution in [0.4, 0.5) is 4.79 Å². The maximum Gasteiger partial charge on any atom is 0.408 e. The minimum atomic E-state index is -0.484. The molecule has 0 heterocycles. The molecule has 0 saturated heterocycles. The molecule has 0 aliphatic rings. The second-order valence-corrected chi connectivity index (χ2v) is 5.38. The zero-order chi connectivity index (χ0) is 14.5. The second-order valence-electron chi connectivity index (χ2n) is 5.38. The molecule has 0 saturated carbocycles. The first-order valence-corrected chi connectivity index (χ1v) is 6.49. The summed E-state index contributed by atoms with van der Waals surface area (Å²) in [7, 11) is 1.63. The molecule has 1 aromatic rings. The molecule has 4 heteroatoms. The van der Waals surface area contributed by atoms with E-state index in [1.54, 1.807) is 7.11 Å². The Morgan fingerprint density at radius 2 is 1.84 bits per heavy atom. The van der Waals surface area contributed by atoms with Crippen LogP contribution in [-0.2, 0) is 4.74 Å². The quantitative estimate of drug-likeness (QED) is 0.903. The molecule has 0 aromatic heterocycles. The molecule has 4 nitrogen and oxygen atoms in total. The van der Waals surface area contributed by atoms with Crippen LogP contribution in [0.5, 0.6) is 5.75 Å². The first kappa shape index (κ1) is 15.3. The van der Waals surface area contributed by atoms with Crippen LogP contribution in [0.1, 0.15) is 45.7 Å². The molecule has 0 fully saturated rings. The van der Waals surface area contributed by atoms with Crippen molar-refractivity contribution in [3.05, 3.63) is 29.8 Å². The van der Waals surface area contributed by atoms with E-state index in [2.05, 4.69) is 5.32 Å². The fraction of sp³-hybridized carbons (Fsp3) is 0.533. The van der Waals surface area contributed by atoms with Gasteiger partial charge in [0, 0.05) is 0 Å². The van der Waals surface area contributed by atoms with Crippen molar-refractivity contribution >= 4 is 6.09 Å². The van der Waals surface area contributed by atoms with E-state index in [9.17, 15) is 4.79 Å². The van der Waals surface area contributed by atoms with Gasteiger partial charge in [0.15, 0.2) is 0 Å². The predicted molar refractivity (Wildman–Crippen MR) is 75.4 cm³/mol. The molecule has 0 aliphatic heterocycles. The van der Waals surface area contributed by atoms with E-state index in [1.807, 2.05) is 52.0 Å². The molecule has 1 rings (SSSR count). The van der Waals surface area contributed by atoms with E-state index in [1.165, 1.54) is 0 Å². The zero-order valence-corrected chi connectivity index (χ0v) is 12.3. The first-order valence-electron chi connectivity index (χ1n) is 6.49. The van der Waals surface area contributed by atoms with Crippen molar-refractivity contribution in [3.63, 3.8) is 0 Å². The summed E-state index contributed by atoms with van der Waals surface area (Å²) in [6.07, 6.45) is 0.404. The topological polar surface area (TPSA) is 47.6 Å². The number of alkyl carbamates (subject to hydrolysis) is 1. The molecule has 1 aromatic carbocycles. The minimum absolute atomic E-state index is 0.0549. The number of amides is 1. The highest BCUT2D eigenvalue weighted by Crippen LogP contribution is 2.20. The Balaban J connectivity index is 2.69. The second kappa shape index (κ2) is 6.45. The molecule has 1 unspecified atom stereocenters. The van der Waals surface area contributed by atoms with Crippen LogP contribution < -0.4 is 10.1 Å². The third kappa shape index (κ3) is 5.20. The fourth-order valence-corrected chi connectivity index (χ4v) is 1.71. The first-order chi connectivity index (χ1) is 8.85. The van der Waals surface area contributed by atoms with Gasteiger partial charge in [-0.15, -0.1) is 0 Å². The summed E-state index contributed by atoms with van der Waals surface area (Å²) in [6.45, 7) is 7.56. The lowest BCUT2D eigenvalue weighted by Gasteiger charge is -2.23. The number of ether oxygens (including phenoxy) is 2. The summed E-state index contributed by atoms with van der Waals surface area (Å²) < 4.78 is 10.4. The van der Waals surface area contributed by atoms with Gasteiger partial charge in [0.2, 0.25) is 0 Å². The van der Waals surface area contributed by atoms with E-state index < -0.39 is 11.7 Å². The molecular formula is C15H23NO3. The van der Waals surface area contributed by atoms with Crippen molar-refractivity contribution in [1.82, 2.24) is 5.32 Å². The lowest BCUT2D eigenvalue weighted by molar-refractivity contribution is 0.0502. The predicted octanol–water partition coefficient (Wildman–Crippen LogP) is 3.67. The van der Waals surface area contributed by atoms with E-state index in [4.69, 9.17) is 9.47 Å². The SMILES string of the molecule is CCC(NC(=O)OC(C)(C)C)c1ccc(OC)cc1. The Kier molecular flexibility index (Phi) is 5.21. The Labute approximate surface area is 115 Å². The van der Waals surface area contributed by atoms with E-state index in [0.717, 1.165) is 17.7 Å². The highest BCUT2D eigenvalue weighted by Gasteiger charge is 2.19. The molecule has 19 heavy (non-hydrogen) atoms. The number of rotatable bonds is 4. The van der Waals surface area contributed by atoms with Crippen LogP contribution in [0.15, 0.2) is 24.3 Å². The molecule has 1 N–H and O–H groups in total. The smallest absolute Gasteiger partial charge is 0.408 e. The number of methoxy groups -OCH3 is 1. The molecule has 1 amide bonds. The monoisotopic (exact) mass is 265 g/mol. The molecular weight excluding hydrogens is 242 g/mol. The molecule has 1 atom stereocenters. The van der Waals surface area contributed by atoms with Crippen molar-refractivity contribution in [2.24, 2.45) is 0 Å². The van der Waals surface area contributed by atoms with Crippen LogP contribution in [0.25, 0.3) is 0 Å². The molecule has 0 bridgehead atoms. The summed E-state index contributed by atoms with van der Waals surface area (Å²) in [5.74, 6) is 0.802. The van der Waals surface area contributed by atoms with E-state index >= 15 is 0 Å². The fourth-order valence-electron chi connectivity index (χ4n) is 1.71. The van der Waals surface area contributed by atoms with Crippen molar-refractivity contribution in [2.75, 3.05) is 7.11 Å². The molecule has 0 radical (unpaired) electrons. The molecule has 0 spiro atoms. The van der Waals surface area contributed by atoms with Crippen LogP contribution in [0, 0.1) is 0 Å². The Hall–Kier alpha value is -1.71. The summed E-state index contributed by atoms with van der Waals surface area (Å²) in [4.78, 5) is 11.8. The van der Waals surface area contributed by atoms with Crippen LogP contribution in [0.3, 0.4) is 0 Å².